The van der Waals surface area contributed by atoms with Crippen molar-refractivity contribution in [1.29, 1.82) is 0 Å². The highest BCUT2D eigenvalue weighted by molar-refractivity contribution is 6.49. The molecule has 0 radical (unpaired) electrons. The largest absolute Gasteiger partial charge is 0.546 e. The predicted molar refractivity (Wildman–Crippen MR) is 111 cm³/mol. The van der Waals surface area contributed by atoms with Crippen molar-refractivity contribution in [3.8, 4) is 11.5 Å². The van der Waals surface area contributed by atoms with Gasteiger partial charge in [0.15, 0.2) is 0 Å². The van der Waals surface area contributed by atoms with E-state index in [2.05, 4.69) is 0 Å². The molecule has 0 heterocycles. The number of nitro groups is 1. The summed E-state index contributed by atoms with van der Waals surface area (Å²) in [5.74, 6) is 0.523. The second-order valence-electron chi connectivity index (χ2n) is 7.80. The van der Waals surface area contributed by atoms with Gasteiger partial charge in [-0.1, -0.05) is 26.8 Å². The number of amides is 1. The molecule has 0 aliphatic heterocycles. The fourth-order valence-corrected chi connectivity index (χ4v) is 3.66. The van der Waals surface area contributed by atoms with Gasteiger partial charge in [-0.3, -0.25) is 14.9 Å². The average Bonchev–Trinajstić information content (AvgIpc) is 2.58. The summed E-state index contributed by atoms with van der Waals surface area (Å²) >= 11 is 0. The van der Waals surface area contributed by atoms with Crippen LogP contribution in [0.15, 0.2) is 36.4 Å². The number of carbonyl (C=O) groups excluding carboxylic acids is 1. The minimum absolute atomic E-state index is 0.00567. The van der Waals surface area contributed by atoms with E-state index in [0.29, 0.717) is 17.1 Å². The van der Waals surface area contributed by atoms with Gasteiger partial charge >= 0.3 is 0 Å². The molecule has 2 aromatic carbocycles. The van der Waals surface area contributed by atoms with E-state index in [0.717, 1.165) is 11.1 Å². The van der Waals surface area contributed by atoms with Crippen molar-refractivity contribution in [2.45, 2.75) is 45.9 Å². The Morgan fingerprint density at radius 2 is 1.75 bits per heavy atom. The van der Waals surface area contributed by atoms with Gasteiger partial charge in [-0.05, 0) is 42.3 Å². The Balaban J connectivity index is 2.42. The molecular formula is C20H26N2O5Si. The summed E-state index contributed by atoms with van der Waals surface area (Å²) < 4.78 is 11.9. The van der Waals surface area contributed by atoms with Crippen LogP contribution >= 0.6 is 0 Å². The van der Waals surface area contributed by atoms with Crippen LogP contribution in [0, 0.1) is 10.1 Å². The highest BCUT2D eigenvalue weighted by Crippen LogP contribution is 2.38. The number of nitro benzene ring substituents is 1. The minimum atomic E-state index is -1.49. The molecule has 8 heteroatoms. The summed E-state index contributed by atoms with van der Waals surface area (Å²) in [4.78, 5) is 22.3. The second kappa shape index (κ2) is 8.43. The fraction of sp³-hybridized carbons (Fsp3) is 0.350. The quantitative estimate of drug-likeness (QED) is 0.429. The van der Waals surface area contributed by atoms with Crippen LogP contribution in [0.2, 0.25) is 13.1 Å². The van der Waals surface area contributed by atoms with Crippen molar-refractivity contribution >= 4 is 20.6 Å². The molecule has 2 rings (SSSR count). The number of carbonyl (C=O) groups is 1. The van der Waals surface area contributed by atoms with E-state index in [1.54, 1.807) is 18.2 Å². The topological polar surface area (TPSA) is 105 Å². The van der Waals surface area contributed by atoms with Crippen LogP contribution in [0.1, 0.15) is 42.3 Å². The molecule has 0 aliphatic carbocycles. The Morgan fingerprint density at radius 1 is 1.14 bits per heavy atom. The molecule has 7 nitrogen and oxygen atoms in total. The van der Waals surface area contributed by atoms with E-state index in [1.165, 1.54) is 12.1 Å². The monoisotopic (exact) mass is 402 g/mol. The van der Waals surface area contributed by atoms with Crippen LogP contribution in [0.25, 0.3) is 0 Å². The maximum absolute atomic E-state index is 11.9. The third-order valence-electron chi connectivity index (χ3n) is 4.05. The van der Waals surface area contributed by atoms with E-state index in [1.807, 2.05) is 39.9 Å². The van der Waals surface area contributed by atoms with Gasteiger partial charge in [-0.15, -0.1) is 0 Å². The highest BCUT2D eigenvalue weighted by atomic mass is 28.3. The maximum atomic E-state index is 11.9. The van der Waals surface area contributed by atoms with Crippen molar-refractivity contribution in [3.05, 3.63) is 63.2 Å². The Labute approximate surface area is 166 Å². The zero-order chi connectivity index (χ0) is 21.1. The summed E-state index contributed by atoms with van der Waals surface area (Å²) in [6.07, 6.45) is 0. The van der Waals surface area contributed by atoms with E-state index in [9.17, 15) is 14.9 Å². The van der Waals surface area contributed by atoms with E-state index >= 15 is 0 Å². The number of non-ortho nitro benzene ring substituents is 1. The third kappa shape index (κ3) is 5.10. The molecule has 150 valence electrons. The predicted octanol–water partition coefficient (Wildman–Crippen LogP) is 3.93. The van der Waals surface area contributed by atoms with Crippen LogP contribution in [0.5, 0.6) is 11.5 Å². The Hall–Kier alpha value is -2.87. The van der Waals surface area contributed by atoms with E-state index in [-0.39, 0.29) is 17.7 Å². The Morgan fingerprint density at radius 3 is 2.21 bits per heavy atom. The first kappa shape index (κ1) is 21.4. The van der Waals surface area contributed by atoms with Gasteiger partial charge in [0, 0.05) is 17.7 Å². The molecule has 0 spiro atoms. The van der Waals surface area contributed by atoms with Gasteiger partial charge < -0.3 is 14.9 Å². The van der Waals surface area contributed by atoms with Gasteiger partial charge in [0.05, 0.1) is 10.5 Å². The van der Waals surface area contributed by atoms with Gasteiger partial charge in [0.25, 0.3) is 11.6 Å². The molecular weight excluding hydrogens is 376 g/mol. The highest BCUT2D eigenvalue weighted by Gasteiger charge is 2.27. The molecule has 1 amide bonds. The lowest BCUT2D eigenvalue weighted by Crippen LogP contribution is -2.24. The van der Waals surface area contributed by atoms with Gasteiger partial charge in [-0.2, -0.15) is 0 Å². The van der Waals surface area contributed by atoms with Gasteiger partial charge in [0.1, 0.15) is 18.1 Å². The minimum Gasteiger partial charge on any atom is -0.546 e. The number of benzene rings is 2. The number of nitrogens with zero attached hydrogens (tertiary/aromatic N) is 1. The molecule has 0 aliphatic rings. The Kier molecular flexibility index (Phi) is 6.45. The normalized spacial score (nSPS) is 11.4. The van der Waals surface area contributed by atoms with Crippen molar-refractivity contribution in [1.82, 2.24) is 0 Å². The zero-order valence-electron chi connectivity index (χ0n) is 16.8. The van der Waals surface area contributed by atoms with Crippen molar-refractivity contribution in [2.24, 2.45) is 5.73 Å². The number of ether oxygens (including phenoxy) is 1. The molecule has 0 saturated heterocycles. The van der Waals surface area contributed by atoms with E-state index in [4.69, 9.17) is 14.9 Å². The summed E-state index contributed by atoms with van der Waals surface area (Å²) in [6, 6.07) is 9.40. The fourth-order valence-electron chi connectivity index (χ4n) is 2.94. The first-order valence-electron chi connectivity index (χ1n) is 9.00. The smallest absolute Gasteiger partial charge is 0.269 e. The van der Waals surface area contributed by atoms with Crippen LogP contribution in [0.4, 0.5) is 5.69 Å². The van der Waals surface area contributed by atoms with Crippen LogP contribution in [0.3, 0.4) is 0 Å². The molecule has 0 atom stereocenters. The number of hydrogen-bond acceptors (Lipinski definition) is 5. The summed E-state index contributed by atoms with van der Waals surface area (Å²) in [7, 11) is -1.49. The second-order valence-corrected chi connectivity index (χ2v) is 10.1. The van der Waals surface area contributed by atoms with Crippen molar-refractivity contribution in [3.63, 3.8) is 0 Å². The first-order chi connectivity index (χ1) is 13.0. The number of nitrogens with two attached hydrogens (primary N) is 1. The first-order valence-corrected chi connectivity index (χ1v) is 11.8. The molecule has 28 heavy (non-hydrogen) atoms. The van der Waals surface area contributed by atoms with Crippen molar-refractivity contribution in [2.75, 3.05) is 0 Å². The van der Waals surface area contributed by atoms with Gasteiger partial charge in [-0.25, -0.2) is 0 Å². The molecule has 0 aromatic heterocycles. The average molecular weight is 403 g/mol. The standard InChI is InChI=1S/C20H26N2O5Si/c1-20(2,3)17-13(6-11-16(19(21)23)18(17)27-28(4)5)12-26-15-9-7-14(8-10-15)22(24)25/h6-11,28H,12H2,1-5H3,(H2,21,23). The summed E-state index contributed by atoms with van der Waals surface area (Å²) in [5, 5.41) is 10.8. The van der Waals surface area contributed by atoms with Crippen LogP contribution < -0.4 is 14.9 Å². The lowest BCUT2D eigenvalue weighted by Gasteiger charge is -2.28. The zero-order valence-corrected chi connectivity index (χ0v) is 18.0. The van der Waals surface area contributed by atoms with E-state index < -0.39 is 19.9 Å². The molecule has 0 saturated carbocycles. The maximum Gasteiger partial charge on any atom is 0.269 e. The summed E-state index contributed by atoms with van der Waals surface area (Å²) in [6.45, 7) is 10.4. The molecule has 0 fully saturated rings. The molecule has 0 unspecified atom stereocenters. The van der Waals surface area contributed by atoms with Crippen LogP contribution in [-0.4, -0.2) is 19.9 Å². The van der Waals surface area contributed by atoms with Crippen LogP contribution in [-0.2, 0) is 12.0 Å². The van der Waals surface area contributed by atoms with Crippen molar-refractivity contribution < 1.29 is 18.9 Å². The molecule has 2 aromatic rings. The number of hydrogen-bond donors (Lipinski definition) is 1. The Bertz CT molecular complexity index is 873. The molecule has 2 N–H and O–H groups in total. The molecule has 0 bridgehead atoms. The SMILES string of the molecule is C[SiH](C)Oc1c(C(N)=O)ccc(COc2ccc([N+](=O)[O-])cc2)c1C(C)(C)C. The lowest BCUT2D eigenvalue weighted by atomic mass is 9.82. The lowest BCUT2D eigenvalue weighted by molar-refractivity contribution is -0.384. The third-order valence-corrected chi connectivity index (χ3v) is 4.76. The number of primary amides is 1. The number of rotatable bonds is 7. The van der Waals surface area contributed by atoms with Gasteiger partial charge in [0.2, 0.25) is 9.04 Å². The summed E-state index contributed by atoms with van der Waals surface area (Å²) in [5.41, 5.74) is 7.39.